The minimum absolute atomic E-state index is 0.173. The van der Waals surface area contributed by atoms with Gasteiger partial charge in [-0.25, -0.2) is 4.99 Å². The van der Waals surface area contributed by atoms with E-state index in [1.165, 1.54) is 11.1 Å². The van der Waals surface area contributed by atoms with E-state index in [2.05, 4.69) is 43.1 Å². The van der Waals surface area contributed by atoms with Gasteiger partial charge in [0.05, 0.1) is 0 Å². The lowest BCUT2D eigenvalue weighted by atomic mass is 9.93. The van der Waals surface area contributed by atoms with E-state index in [0.29, 0.717) is 6.61 Å². The monoisotopic (exact) mass is 175 g/mol. The predicted molar refractivity (Wildman–Crippen MR) is 53.0 cm³/mol. The van der Waals surface area contributed by atoms with Crippen molar-refractivity contribution in [1.82, 2.24) is 0 Å². The molecule has 0 N–H and O–H groups in total. The van der Waals surface area contributed by atoms with Crippen LogP contribution in [0.25, 0.3) is 0 Å². The van der Waals surface area contributed by atoms with Gasteiger partial charge >= 0.3 is 0 Å². The Morgan fingerprint density at radius 3 is 2.54 bits per heavy atom. The molecule has 1 aliphatic rings. The molecule has 0 bridgehead atoms. The first-order valence-corrected chi connectivity index (χ1v) is 4.43. The second-order valence-electron chi connectivity index (χ2n) is 3.69. The fourth-order valence-electron chi connectivity index (χ4n) is 1.46. The van der Waals surface area contributed by atoms with Crippen LogP contribution in [-0.4, -0.2) is 13.0 Å². The maximum Gasteiger partial charge on any atom is 0.170 e. The molecule has 2 rings (SSSR count). The number of hydrogen-bond acceptors (Lipinski definition) is 2. The second kappa shape index (κ2) is 2.87. The number of rotatable bonds is 1. The molecule has 0 radical (unpaired) electrons. The summed E-state index contributed by atoms with van der Waals surface area (Å²) in [6, 6.07) is 8.44. The van der Waals surface area contributed by atoms with Gasteiger partial charge in [0.25, 0.3) is 0 Å². The molecule has 0 aromatic heterocycles. The van der Waals surface area contributed by atoms with Crippen LogP contribution in [0.4, 0.5) is 0 Å². The first-order valence-electron chi connectivity index (χ1n) is 4.43. The molecule has 1 atom stereocenters. The summed E-state index contributed by atoms with van der Waals surface area (Å²) in [5.74, 6) is 0. The predicted octanol–water partition coefficient (Wildman–Crippen LogP) is 2.27. The zero-order chi connectivity index (χ0) is 9.31. The van der Waals surface area contributed by atoms with Crippen LogP contribution in [0.15, 0.2) is 29.3 Å². The van der Waals surface area contributed by atoms with Crippen molar-refractivity contribution < 1.29 is 4.74 Å². The summed E-state index contributed by atoms with van der Waals surface area (Å²) >= 11 is 0. The number of aliphatic imine (C=N–C) groups is 1. The molecule has 1 aromatic rings. The van der Waals surface area contributed by atoms with Crippen molar-refractivity contribution in [2.24, 2.45) is 4.99 Å². The van der Waals surface area contributed by atoms with Gasteiger partial charge in [0, 0.05) is 0 Å². The van der Waals surface area contributed by atoms with Gasteiger partial charge in [0.2, 0.25) is 0 Å². The van der Waals surface area contributed by atoms with E-state index in [-0.39, 0.29) is 5.54 Å². The maximum absolute atomic E-state index is 5.15. The molecule has 2 heteroatoms. The molecule has 0 fully saturated rings. The first kappa shape index (κ1) is 8.30. The van der Waals surface area contributed by atoms with Crippen molar-refractivity contribution >= 4 is 6.40 Å². The number of aryl methyl sites for hydroxylation is 1. The largest absolute Gasteiger partial charge is 0.481 e. The first-order chi connectivity index (χ1) is 6.21. The van der Waals surface area contributed by atoms with Crippen LogP contribution in [0.2, 0.25) is 0 Å². The molecule has 1 aliphatic heterocycles. The highest BCUT2D eigenvalue weighted by Crippen LogP contribution is 2.28. The molecule has 0 aliphatic carbocycles. The van der Waals surface area contributed by atoms with Gasteiger partial charge in [-0.05, 0) is 19.4 Å². The molecule has 0 saturated carbocycles. The van der Waals surface area contributed by atoms with Crippen LogP contribution in [-0.2, 0) is 10.3 Å². The van der Waals surface area contributed by atoms with Crippen LogP contribution in [0, 0.1) is 6.92 Å². The smallest absolute Gasteiger partial charge is 0.170 e. The third-order valence-electron chi connectivity index (χ3n) is 2.45. The summed E-state index contributed by atoms with van der Waals surface area (Å²) in [5.41, 5.74) is 2.32. The number of benzene rings is 1. The van der Waals surface area contributed by atoms with Gasteiger partial charge in [-0.1, -0.05) is 29.8 Å². The average Bonchev–Trinajstić information content (AvgIpc) is 2.54. The standard InChI is InChI=1S/C11H13NO/c1-9-3-5-10(6-4-9)11(2)7-13-8-12-11/h3-6,8H,7H2,1-2H3. The van der Waals surface area contributed by atoms with Crippen molar-refractivity contribution in [3.05, 3.63) is 35.4 Å². The molecule has 1 heterocycles. The normalized spacial score (nSPS) is 26.0. The summed E-state index contributed by atoms with van der Waals surface area (Å²) in [4.78, 5) is 4.32. The van der Waals surface area contributed by atoms with Crippen LogP contribution in [0.5, 0.6) is 0 Å². The Morgan fingerprint density at radius 2 is 2.00 bits per heavy atom. The van der Waals surface area contributed by atoms with Crippen LogP contribution in [0.3, 0.4) is 0 Å². The van der Waals surface area contributed by atoms with E-state index >= 15 is 0 Å². The Balaban J connectivity index is 2.35. The average molecular weight is 175 g/mol. The zero-order valence-corrected chi connectivity index (χ0v) is 7.95. The minimum atomic E-state index is -0.173. The SMILES string of the molecule is Cc1ccc(C2(C)COC=N2)cc1. The van der Waals surface area contributed by atoms with E-state index in [9.17, 15) is 0 Å². The highest BCUT2D eigenvalue weighted by molar-refractivity contribution is 5.52. The minimum Gasteiger partial charge on any atom is -0.481 e. The Morgan fingerprint density at radius 1 is 1.31 bits per heavy atom. The van der Waals surface area contributed by atoms with Gasteiger partial charge in [-0.2, -0.15) is 0 Å². The van der Waals surface area contributed by atoms with Crippen molar-refractivity contribution in [3.8, 4) is 0 Å². The molecule has 0 amide bonds. The van der Waals surface area contributed by atoms with Crippen LogP contribution < -0.4 is 0 Å². The van der Waals surface area contributed by atoms with Gasteiger partial charge < -0.3 is 4.74 Å². The topological polar surface area (TPSA) is 21.6 Å². The summed E-state index contributed by atoms with van der Waals surface area (Å²) in [6.45, 7) is 4.82. The molecule has 68 valence electrons. The molecule has 1 unspecified atom stereocenters. The third kappa shape index (κ3) is 1.44. The van der Waals surface area contributed by atoms with E-state index in [1.54, 1.807) is 6.40 Å². The van der Waals surface area contributed by atoms with Crippen LogP contribution in [0.1, 0.15) is 18.1 Å². The lowest BCUT2D eigenvalue weighted by Crippen LogP contribution is -2.20. The lowest BCUT2D eigenvalue weighted by molar-refractivity contribution is 0.276. The fourth-order valence-corrected chi connectivity index (χ4v) is 1.46. The summed E-state index contributed by atoms with van der Waals surface area (Å²) in [7, 11) is 0. The van der Waals surface area contributed by atoms with E-state index < -0.39 is 0 Å². The Kier molecular flexibility index (Phi) is 1.83. The van der Waals surface area contributed by atoms with Crippen molar-refractivity contribution in [3.63, 3.8) is 0 Å². The van der Waals surface area contributed by atoms with Gasteiger partial charge in [0.1, 0.15) is 12.1 Å². The van der Waals surface area contributed by atoms with Gasteiger partial charge in [-0.3, -0.25) is 0 Å². The van der Waals surface area contributed by atoms with Crippen molar-refractivity contribution in [2.45, 2.75) is 19.4 Å². The van der Waals surface area contributed by atoms with Crippen molar-refractivity contribution in [2.75, 3.05) is 6.61 Å². The van der Waals surface area contributed by atoms with Gasteiger partial charge in [-0.15, -0.1) is 0 Å². The number of hydrogen-bond donors (Lipinski definition) is 0. The van der Waals surface area contributed by atoms with Crippen LogP contribution >= 0.6 is 0 Å². The molecular formula is C11H13NO. The molecule has 13 heavy (non-hydrogen) atoms. The number of nitrogens with zero attached hydrogens (tertiary/aromatic N) is 1. The molecule has 2 nitrogen and oxygen atoms in total. The van der Waals surface area contributed by atoms with Crippen molar-refractivity contribution in [1.29, 1.82) is 0 Å². The summed E-state index contributed by atoms with van der Waals surface area (Å²) < 4.78 is 5.15. The molecule has 1 aromatic carbocycles. The lowest BCUT2D eigenvalue weighted by Gasteiger charge is -2.18. The Hall–Kier alpha value is -1.31. The van der Waals surface area contributed by atoms with E-state index in [0.717, 1.165) is 0 Å². The second-order valence-corrected chi connectivity index (χ2v) is 3.69. The maximum atomic E-state index is 5.15. The zero-order valence-electron chi connectivity index (χ0n) is 7.95. The summed E-state index contributed by atoms with van der Waals surface area (Å²) in [5, 5.41) is 0. The molecule has 0 saturated heterocycles. The van der Waals surface area contributed by atoms with E-state index in [4.69, 9.17) is 4.74 Å². The summed E-state index contributed by atoms with van der Waals surface area (Å²) in [6.07, 6.45) is 1.54. The Labute approximate surface area is 78.3 Å². The van der Waals surface area contributed by atoms with Gasteiger partial charge in [0.15, 0.2) is 6.40 Å². The van der Waals surface area contributed by atoms with E-state index in [1.807, 2.05) is 0 Å². The number of ether oxygens (including phenoxy) is 1. The molecular weight excluding hydrogens is 162 g/mol. The highest BCUT2D eigenvalue weighted by atomic mass is 16.5. The quantitative estimate of drug-likeness (QED) is 0.641. The third-order valence-corrected chi connectivity index (χ3v) is 2.45. The molecule has 0 spiro atoms. The fraction of sp³-hybridized carbons (Fsp3) is 0.364. The highest BCUT2D eigenvalue weighted by Gasteiger charge is 2.29. The Bertz CT molecular complexity index is 328.